The predicted molar refractivity (Wildman–Crippen MR) is 68.9 cm³/mol. The molecule has 7 nitrogen and oxygen atoms in total. The molecule has 20 heavy (non-hydrogen) atoms. The van der Waals surface area contributed by atoms with E-state index in [4.69, 9.17) is 4.52 Å². The minimum absolute atomic E-state index is 0.167. The highest BCUT2D eigenvalue weighted by Gasteiger charge is 2.34. The average molecular weight is 281 g/mol. The topological polar surface area (TPSA) is 96.5 Å². The molecule has 2 unspecified atom stereocenters. The Bertz CT molecular complexity index is 500. The number of amides is 1. The molecule has 0 bridgehead atoms. The van der Waals surface area contributed by atoms with E-state index in [0.29, 0.717) is 37.0 Å². The van der Waals surface area contributed by atoms with Gasteiger partial charge in [-0.3, -0.25) is 4.79 Å². The summed E-state index contributed by atoms with van der Waals surface area (Å²) >= 11 is 0. The molecule has 1 fully saturated rings. The summed E-state index contributed by atoms with van der Waals surface area (Å²) in [6.07, 6.45) is 1.90. The summed E-state index contributed by atoms with van der Waals surface area (Å²) in [5.74, 6) is 0.174. The van der Waals surface area contributed by atoms with Gasteiger partial charge in [-0.25, -0.2) is 4.79 Å². The largest absolute Gasteiger partial charge is 0.480 e. The zero-order valence-electron chi connectivity index (χ0n) is 11.7. The maximum absolute atomic E-state index is 12.2. The minimum Gasteiger partial charge on any atom is -0.480 e. The van der Waals surface area contributed by atoms with E-state index < -0.39 is 12.0 Å². The smallest absolute Gasteiger partial charge is 0.326 e. The summed E-state index contributed by atoms with van der Waals surface area (Å²) < 4.78 is 4.95. The molecule has 1 aromatic rings. The lowest BCUT2D eigenvalue weighted by molar-refractivity contribution is -0.153. The zero-order chi connectivity index (χ0) is 14.7. The minimum atomic E-state index is -0.932. The third-order valence-corrected chi connectivity index (χ3v) is 3.59. The molecule has 7 heteroatoms. The Morgan fingerprint density at radius 2 is 2.25 bits per heavy atom. The molecule has 0 saturated carbocycles. The molecule has 2 atom stereocenters. The first-order valence-electron chi connectivity index (χ1n) is 6.79. The van der Waals surface area contributed by atoms with Crippen molar-refractivity contribution in [2.24, 2.45) is 5.92 Å². The molecule has 110 valence electrons. The average Bonchev–Trinajstić information content (AvgIpc) is 2.81. The molecule has 0 radical (unpaired) electrons. The van der Waals surface area contributed by atoms with Gasteiger partial charge in [-0.2, -0.15) is 4.98 Å². The molecule has 1 N–H and O–H groups in total. The number of carbonyl (C=O) groups is 2. The maximum atomic E-state index is 12.2. The van der Waals surface area contributed by atoms with Crippen LogP contribution in [-0.2, 0) is 16.0 Å². The van der Waals surface area contributed by atoms with Gasteiger partial charge in [0.1, 0.15) is 6.04 Å². The molecule has 0 spiro atoms. The first-order valence-corrected chi connectivity index (χ1v) is 6.79. The number of carbonyl (C=O) groups excluding carboxylic acids is 1. The van der Waals surface area contributed by atoms with Crippen LogP contribution in [0.5, 0.6) is 0 Å². The third kappa shape index (κ3) is 3.34. The van der Waals surface area contributed by atoms with Crippen LogP contribution in [-0.4, -0.2) is 44.6 Å². The molecule has 1 aromatic heterocycles. The van der Waals surface area contributed by atoms with Gasteiger partial charge in [0.2, 0.25) is 11.8 Å². The fourth-order valence-electron chi connectivity index (χ4n) is 2.47. The normalized spacial score (nSPS) is 22.8. The van der Waals surface area contributed by atoms with Crippen LogP contribution < -0.4 is 0 Å². The Morgan fingerprint density at radius 1 is 1.50 bits per heavy atom. The summed E-state index contributed by atoms with van der Waals surface area (Å²) in [4.78, 5) is 28.9. The van der Waals surface area contributed by atoms with Crippen LogP contribution in [0.3, 0.4) is 0 Å². The van der Waals surface area contributed by atoms with Crippen LogP contribution in [0, 0.1) is 12.8 Å². The van der Waals surface area contributed by atoms with Crippen LogP contribution >= 0.6 is 0 Å². The number of aliphatic carboxylic acids is 1. The van der Waals surface area contributed by atoms with E-state index in [1.807, 2.05) is 6.92 Å². The van der Waals surface area contributed by atoms with Crippen molar-refractivity contribution in [1.29, 1.82) is 0 Å². The number of likely N-dealkylation sites (tertiary alicyclic amines) is 1. The molecule has 0 aromatic carbocycles. The second-order valence-corrected chi connectivity index (χ2v) is 5.31. The van der Waals surface area contributed by atoms with E-state index in [1.54, 1.807) is 6.92 Å². The van der Waals surface area contributed by atoms with E-state index in [1.165, 1.54) is 4.90 Å². The highest BCUT2D eigenvalue weighted by Crippen LogP contribution is 2.23. The molecular weight excluding hydrogens is 262 g/mol. The van der Waals surface area contributed by atoms with Crippen molar-refractivity contribution < 1.29 is 19.2 Å². The summed E-state index contributed by atoms with van der Waals surface area (Å²) in [5, 5.41) is 12.9. The lowest BCUT2D eigenvalue weighted by Gasteiger charge is -2.36. The second kappa shape index (κ2) is 6.02. The highest BCUT2D eigenvalue weighted by molar-refractivity contribution is 5.84. The molecule has 1 aliphatic rings. The molecule has 0 aliphatic carbocycles. The molecule has 1 aliphatic heterocycles. The number of carboxylic acid groups (broad SMARTS) is 1. The Hall–Kier alpha value is -1.92. The van der Waals surface area contributed by atoms with Gasteiger partial charge in [-0.05, 0) is 25.7 Å². The van der Waals surface area contributed by atoms with Crippen molar-refractivity contribution in [3.05, 3.63) is 11.7 Å². The monoisotopic (exact) mass is 281 g/mol. The summed E-state index contributed by atoms with van der Waals surface area (Å²) in [5.41, 5.74) is 0. The lowest BCUT2D eigenvalue weighted by atomic mass is 9.92. The van der Waals surface area contributed by atoms with E-state index >= 15 is 0 Å². The Labute approximate surface area is 117 Å². The Morgan fingerprint density at radius 3 is 2.85 bits per heavy atom. The molecular formula is C13H19N3O4. The number of rotatable bonds is 4. The molecule has 2 rings (SSSR count). The number of aromatic nitrogens is 2. The maximum Gasteiger partial charge on any atom is 0.326 e. The van der Waals surface area contributed by atoms with Gasteiger partial charge in [-0.1, -0.05) is 12.1 Å². The molecule has 1 saturated heterocycles. The van der Waals surface area contributed by atoms with Crippen molar-refractivity contribution in [2.75, 3.05) is 6.54 Å². The van der Waals surface area contributed by atoms with Crippen molar-refractivity contribution >= 4 is 11.9 Å². The zero-order valence-corrected chi connectivity index (χ0v) is 11.7. The fourth-order valence-corrected chi connectivity index (χ4v) is 2.47. The predicted octanol–water partition coefficient (Wildman–Crippen LogP) is 1.02. The van der Waals surface area contributed by atoms with E-state index in [-0.39, 0.29) is 12.3 Å². The van der Waals surface area contributed by atoms with Gasteiger partial charge >= 0.3 is 5.97 Å². The van der Waals surface area contributed by atoms with E-state index in [0.717, 1.165) is 6.42 Å². The van der Waals surface area contributed by atoms with Gasteiger partial charge in [0.25, 0.3) is 0 Å². The summed E-state index contributed by atoms with van der Waals surface area (Å²) in [7, 11) is 0. The summed E-state index contributed by atoms with van der Waals surface area (Å²) in [6.45, 7) is 4.22. The third-order valence-electron chi connectivity index (χ3n) is 3.59. The SMILES string of the molecule is Cc1noc(CCC(=O)N2CCC(C)CC2C(=O)O)n1. The molecule has 1 amide bonds. The van der Waals surface area contributed by atoms with Crippen LogP contribution in [0.1, 0.15) is 37.9 Å². The van der Waals surface area contributed by atoms with E-state index in [2.05, 4.69) is 10.1 Å². The number of hydrogen-bond donors (Lipinski definition) is 1. The molecule has 2 heterocycles. The van der Waals surface area contributed by atoms with Gasteiger partial charge in [0, 0.05) is 19.4 Å². The van der Waals surface area contributed by atoms with E-state index in [9.17, 15) is 14.7 Å². The number of piperidine rings is 1. The number of nitrogens with zero attached hydrogens (tertiary/aromatic N) is 3. The number of carboxylic acids is 1. The summed E-state index contributed by atoms with van der Waals surface area (Å²) in [6, 6.07) is -0.712. The quantitative estimate of drug-likeness (QED) is 0.885. The second-order valence-electron chi connectivity index (χ2n) is 5.31. The standard InChI is InChI=1S/C13H19N3O4/c1-8-5-6-16(10(7-8)13(18)19)12(17)4-3-11-14-9(2)15-20-11/h8,10H,3-7H2,1-2H3,(H,18,19). The van der Waals surface area contributed by atoms with Gasteiger partial charge < -0.3 is 14.5 Å². The first kappa shape index (κ1) is 14.5. The number of aryl methyl sites for hydroxylation is 2. The van der Waals surface area contributed by atoms with Crippen LogP contribution in [0.15, 0.2) is 4.52 Å². The van der Waals surface area contributed by atoms with Crippen molar-refractivity contribution in [3.63, 3.8) is 0 Å². The fraction of sp³-hybridized carbons (Fsp3) is 0.692. The van der Waals surface area contributed by atoms with Crippen LogP contribution in [0.2, 0.25) is 0 Å². The van der Waals surface area contributed by atoms with Crippen molar-refractivity contribution in [3.8, 4) is 0 Å². The van der Waals surface area contributed by atoms with Gasteiger partial charge in [-0.15, -0.1) is 0 Å². The van der Waals surface area contributed by atoms with Gasteiger partial charge in [0.05, 0.1) is 0 Å². The van der Waals surface area contributed by atoms with Crippen LogP contribution in [0.4, 0.5) is 0 Å². The number of hydrogen-bond acceptors (Lipinski definition) is 5. The van der Waals surface area contributed by atoms with Crippen molar-refractivity contribution in [2.45, 2.75) is 45.6 Å². The lowest BCUT2D eigenvalue weighted by Crippen LogP contribution is -2.49. The Kier molecular flexibility index (Phi) is 4.36. The first-order chi connectivity index (χ1) is 9.47. The Balaban J connectivity index is 1.94. The van der Waals surface area contributed by atoms with Crippen molar-refractivity contribution in [1.82, 2.24) is 15.0 Å². The van der Waals surface area contributed by atoms with Gasteiger partial charge in [0.15, 0.2) is 5.82 Å². The van der Waals surface area contributed by atoms with Crippen LogP contribution in [0.25, 0.3) is 0 Å². The highest BCUT2D eigenvalue weighted by atomic mass is 16.5.